The second-order valence-electron chi connectivity index (χ2n) is 8.32. The molecule has 0 radical (unpaired) electrons. The van der Waals surface area contributed by atoms with Crippen molar-refractivity contribution in [1.29, 1.82) is 0 Å². The predicted molar refractivity (Wildman–Crippen MR) is 108 cm³/mol. The number of hydrogen-bond donors (Lipinski definition) is 5. The largest absolute Gasteiger partial charge is 0.669 e. The summed E-state index contributed by atoms with van der Waals surface area (Å²) in [5.74, 6) is -1.56. The first-order chi connectivity index (χ1) is 14.6. The second kappa shape index (κ2) is 8.02. The normalized spacial score (nSPS) is 24.5. The van der Waals surface area contributed by atoms with E-state index in [2.05, 4.69) is 10.6 Å². The van der Waals surface area contributed by atoms with Crippen molar-refractivity contribution in [3.05, 3.63) is 23.3 Å². The zero-order valence-electron chi connectivity index (χ0n) is 17.0. The van der Waals surface area contributed by atoms with Gasteiger partial charge >= 0.3 is 12.7 Å². The summed E-state index contributed by atoms with van der Waals surface area (Å²) in [4.78, 5) is 37.2. The summed E-state index contributed by atoms with van der Waals surface area (Å²) in [6.45, 7) is -0.549. The van der Waals surface area contributed by atoms with E-state index in [1.165, 1.54) is 13.0 Å². The van der Waals surface area contributed by atoms with Crippen LogP contribution in [0, 0.1) is 0 Å². The molecule has 12 heteroatoms. The van der Waals surface area contributed by atoms with Crippen LogP contribution in [0.15, 0.2) is 12.1 Å². The smallest absolute Gasteiger partial charge is 0.430 e. The molecule has 1 aromatic rings. The Morgan fingerprint density at radius 1 is 1.29 bits per heavy atom. The van der Waals surface area contributed by atoms with Gasteiger partial charge in [0.15, 0.2) is 0 Å². The quantitative estimate of drug-likeness (QED) is 0.355. The number of carboxylic acids is 1. The SMILES string of the molecule is CC(=O)N[C@H]1CN[C@H](C(=O)N2CC(Oc3ccc4c(c3C(=O)O)O[B-](O)(O)CC4)C2)C1. The van der Waals surface area contributed by atoms with Crippen LogP contribution in [0.4, 0.5) is 0 Å². The topological polar surface area (TPSA) is 158 Å². The summed E-state index contributed by atoms with van der Waals surface area (Å²) < 4.78 is 11.0. The van der Waals surface area contributed by atoms with E-state index in [1.807, 2.05) is 0 Å². The Bertz CT molecular complexity index is 918. The third-order valence-electron chi connectivity index (χ3n) is 5.80. The van der Waals surface area contributed by atoms with Gasteiger partial charge < -0.3 is 40.1 Å². The van der Waals surface area contributed by atoms with Gasteiger partial charge in [0.25, 0.3) is 0 Å². The molecule has 2 atom stereocenters. The van der Waals surface area contributed by atoms with Crippen molar-refractivity contribution in [2.45, 2.75) is 44.3 Å². The highest BCUT2D eigenvalue weighted by Gasteiger charge is 2.40. The fourth-order valence-electron chi connectivity index (χ4n) is 4.24. The zero-order valence-corrected chi connectivity index (χ0v) is 17.0. The molecule has 0 aliphatic carbocycles. The van der Waals surface area contributed by atoms with Gasteiger partial charge in [-0.25, -0.2) is 4.79 Å². The molecule has 4 rings (SSSR count). The summed E-state index contributed by atoms with van der Waals surface area (Å²) in [7, 11) is 0. The third kappa shape index (κ3) is 4.46. The van der Waals surface area contributed by atoms with Crippen LogP contribution in [0.2, 0.25) is 6.32 Å². The Hall–Kier alpha value is -2.83. The number of amides is 2. The molecule has 3 aliphatic heterocycles. The van der Waals surface area contributed by atoms with Crippen LogP contribution < -0.4 is 20.0 Å². The lowest BCUT2D eigenvalue weighted by molar-refractivity contribution is -0.142. The van der Waals surface area contributed by atoms with Crippen LogP contribution in [0.3, 0.4) is 0 Å². The molecule has 0 bridgehead atoms. The number of rotatable bonds is 5. The minimum absolute atomic E-state index is 0.00997. The highest BCUT2D eigenvalue weighted by molar-refractivity contribution is 6.59. The number of nitrogens with zero attached hydrogens (tertiary/aromatic N) is 1. The molecule has 0 spiro atoms. The van der Waals surface area contributed by atoms with Gasteiger partial charge in [-0.3, -0.25) is 9.59 Å². The summed E-state index contributed by atoms with van der Waals surface area (Å²) in [5.41, 5.74) is 0.309. The van der Waals surface area contributed by atoms with Gasteiger partial charge in [-0.2, -0.15) is 0 Å². The van der Waals surface area contributed by atoms with Crippen molar-refractivity contribution in [3.63, 3.8) is 0 Å². The van der Waals surface area contributed by atoms with Gasteiger partial charge in [0.05, 0.1) is 24.9 Å². The van der Waals surface area contributed by atoms with E-state index < -0.39 is 18.8 Å². The molecule has 5 N–H and O–H groups in total. The van der Waals surface area contributed by atoms with E-state index in [4.69, 9.17) is 9.39 Å². The maximum Gasteiger partial charge on any atom is 0.430 e. The monoisotopic (exact) mass is 434 g/mol. The van der Waals surface area contributed by atoms with Gasteiger partial charge in [-0.1, -0.05) is 12.4 Å². The third-order valence-corrected chi connectivity index (χ3v) is 5.80. The molecule has 3 aliphatic rings. The number of carbonyl (C=O) groups excluding carboxylic acids is 2. The van der Waals surface area contributed by atoms with Gasteiger partial charge in [0.1, 0.15) is 17.4 Å². The molecule has 0 unspecified atom stereocenters. The van der Waals surface area contributed by atoms with Crippen molar-refractivity contribution in [2.75, 3.05) is 19.6 Å². The molecule has 2 saturated heterocycles. The fourth-order valence-corrected chi connectivity index (χ4v) is 4.24. The Morgan fingerprint density at radius 2 is 2.03 bits per heavy atom. The van der Waals surface area contributed by atoms with E-state index in [0.29, 0.717) is 31.6 Å². The molecule has 168 valence electrons. The predicted octanol–water partition coefficient (Wildman–Crippen LogP) is -1.30. The number of benzene rings is 1. The molecular weight excluding hydrogens is 409 g/mol. The molecule has 0 saturated carbocycles. The summed E-state index contributed by atoms with van der Waals surface area (Å²) in [5, 5.41) is 35.2. The Morgan fingerprint density at radius 3 is 2.71 bits per heavy atom. The van der Waals surface area contributed by atoms with Crippen molar-refractivity contribution in [3.8, 4) is 11.5 Å². The molecule has 31 heavy (non-hydrogen) atoms. The number of ether oxygens (including phenoxy) is 1. The first kappa shape index (κ1) is 21.4. The van der Waals surface area contributed by atoms with Crippen molar-refractivity contribution in [1.82, 2.24) is 15.5 Å². The average Bonchev–Trinajstić information content (AvgIpc) is 3.10. The lowest BCUT2D eigenvalue weighted by atomic mass is 9.70. The standard InChI is InChI=1S/C19H25BN3O8/c1-10(24)22-12-6-14(21-7-12)18(25)23-8-13(9-23)30-15-3-2-11-4-5-20(28,29)31-17(11)16(15)19(26)27/h2-3,12-14,21,28-29H,4-9H2,1H3,(H,22,24)(H,26,27)/q-1/t12-,14+/m1/s1. The Balaban J connectivity index is 1.38. The number of aromatic carboxylic acids is 1. The number of aryl methyl sites for hydroxylation is 1. The number of nitrogens with one attached hydrogen (secondary N) is 2. The maximum atomic E-state index is 12.6. The average molecular weight is 434 g/mol. The minimum Gasteiger partial charge on any atom is -0.669 e. The first-order valence-electron chi connectivity index (χ1n) is 10.3. The molecule has 0 aromatic heterocycles. The van der Waals surface area contributed by atoms with Crippen molar-refractivity contribution < 1.29 is 38.9 Å². The minimum atomic E-state index is -3.11. The molecule has 11 nitrogen and oxygen atoms in total. The molecule has 3 heterocycles. The van der Waals surface area contributed by atoms with Crippen LogP contribution >= 0.6 is 0 Å². The van der Waals surface area contributed by atoms with E-state index in [0.717, 1.165) is 0 Å². The van der Waals surface area contributed by atoms with Crippen LogP contribution in [0.1, 0.15) is 29.3 Å². The molecule has 2 fully saturated rings. The fraction of sp³-hybridized carbons (Fsp3) is 0.526. The number of carbonyl (C=O) groups is 3. The van der Waals surface area contributed by atoms with Crippen LogP contribution in [-0.4, -0.2) is 82.4 Å². The summed E-state index contributed by atoms with van der Waals surface area (Å²) in [6.07, 6.45) is 0.388. The lowest BCUT2D eigenvalue weighted by Gasteiger charge is -2.41. The lowest BCUT2D eigenvalue weighted by Crippen LogP contribution is -2.59. The van der Waals surface area contributed by atoms with Crippen LogP contribution in [0.5, 0.6) is 11.5 Å². The maximum absolute atomic E-state index is 12.6. The van der Waals surface area contributed by atoms with Crippen LogP contribution in [0.25, 0.3) is 0 Å². The van der Waals surface area contributed by atoms with Crippen molar-refractivity contribution >= 4 is 24.5 Å². The summed E-state index contributed by atoms with van der Waals surface area (Å²) in [6, 6.07) is 2.71. The number of likely N-dealkylation sites (tertiary alicyclic amines) is 1. The number of fused-ring (bicyclic) bond motifs is 1. The molecule has 1 aromatic carbocycles. The van der Waals surface area contributed by atoms with Crippen LogP contribution in [-0.2, 0) is 16.0 Å². The van der Waals surface area contributed by atoms with Gasteiger partial charge in [0.2, 0.25) is 11.8 Å². The van der Waals surface area contributed by atoms with E-state index >= 15 is 0 Å². The zero-order chi connectivity index (χ0) is 22.3. The number of hydrogen-bond acceptors (Lipinski definition) is 8. The Labute approximate surface area is 178 Å². The number of carboxylic acid groups (broad SMARTS) is 1. The molecular formula is C19H25BN3O8-. The van der Waals surface area contributed by atoms with E-state index in [1.54, 1.807) is 11.0 Å². The summed E-state index contributed by atoms with van der Waals surface area (Å²) >= 11 is 0. The second-order valence-corrected chi connectivity index (χ2v) is 8.32. The highest BCUT2D eigenvalue weighted by Crippen LogP contribution is 2.39. The van der Waals surface area contributed by atoms with Gasteiger partial charge in [-0.05, 0) is 24.5 Å². The van der Waals surface area contributed by atoms with Gasteiger partial charge in [0, 0.05) is 19.5 Å². The molecule has 2 amide bonds. The highest BCUT2D eigenvalue weighted by atomic mass is 16.6. The first-order valence-corrected chi connectivity index (χ1v) is 10.3. The van der Waals surface area contributed by atoms with E-state index in [9.17, 15) is 29.5 Å². The Kier molecular flexibility index (Phi) is 5.54. The van der Waals surface area contributed by atoms with E-state index in [-0.39, 0.29) is 53.7 Å². The van der Waals surface area contributed by atoms with Gasteiger partial charge in [-0.15, -0.1) is 0 Å². The van der Waals surface area contributed by atoms with Crippen molar-refractivity contribution in [2.24, 2.45) is 0 Å².